The quantitative estimate of drug-likeness (QED) is 0.419. The molecule has 0 aliphatic carbocycles. The summed E-state index contributed by atoms with van der Waals surface area (Å²) in [4.78, 5) is 31.7. The number of methoxy groups -OCH3 is 1. The van der Waals surface area contributed by atoms with E-state index in [4.69, 9.17) is 4.74 Å². The Balaban J connectivity index is 1.58. The molecule has 1 aliphatic rings. The van der Waals surface area contributed by atoms with E-state index < -0.39 is 6.04 Å². The Hall–Kier alpha value is -4.06. The molecular formula is C30H31N3O3. The summed E-state index contributed by atoms with van der Waals surface area (Å²) in [5.41, 5.74) is 6.55. The first kappa shape index (κ1) is 23.7. The van der Waals surface area contributed by atoms with Crippen LogP contribution in [0.4, 0.5) is 0 Å². The van der Waals surface area contributed by atoms with Crippen molar-refractivity contribution >= 4 is 22.7 Å². The largest absolute Gasteiger partial charge is 0.497 e. The minimum atomic E-state index is -0.654. The summed E-state index contributed by atoms with van der Waals surface area (Å²) < 4.78 is 5.37. The lowest BCUT2D eigenvalue weighted by Crippen LogP contribution is -2.52. The third-order valence-corrected chi connectivity index (χ3v) is 6.96. The lowest BCUT2D eigenvalue weighted by Gasteiger charge is -2.38. The van der Waals surface area contributed by atoms with Crippen LogP contribution >= 0.6 is 0 Å². The topological polar surface area (TPSA) is 74.4 Å². The highest BCUT2D eigenvalue weighted by Gasteiger charge is 2.37. The van der Waals surface area contributed by atoms with E-state index in [2.05, 4.69) is 35.4 Å². The molecule has 0 saturated carbocycles. The second kappa shape index (κ2) is 9.90. The van der Waals surface area contributed by atoms with Crippen molar-refractivity contribution in [2.45, 2.75) is 38.8 Å². The molecule has 1 aromatic heterocycles. The predicted molar refractivity (Wildman–Crippen MR) is 141 cm³/mol. The molecular weight excluding hydrogens is 450 g/mol. The van der Waals surface area contributed by atoms with E-state index in [1.807, 2.05) is 59.5 Å². The van der Waals surface area contributed by atoms with Gasteiger partial charge in [-0.15, -0.1) is 0 Å². The lowest BCUT2D eigenvalue weighted by atomic mass is 9.91. The number of aromatic amines is 1. The maximum atomic E-state index is 14.1. The van der Waals surface area contributed by atoms with Gasteiger partial charge in [-0.1, -0.05) is 54.1 Å². The Labute approximate surface area is 211 Å². The van der Waals surface area contributed by atoms with Crippen molar-refractivity contribution < 1.29 is 14.3 Å². The molecule has 6 nitrogen and oxygen atoms in total. The van der Waals surface area contributed by atoms with Crippen LogP contribution < -0.4 is 10.1 Å². The van der Waals surface area contributed by atoms with Gasteiger partial charge in [-0.05, 0) is 54.3 Å². The van der Waals surface area contributed by atoms with Crippen LogP contribution in [0.15, 0.2) is 72.8 Å². The Morgan fingerprint density at radius 3 is 2.53 bits per heavy atom. The maximum Gasteiger partial charge on any atom is 0.246 e. The van der Waals surface area contributed by atoms with Gasteiger partial charge in [-0.25, -0.2) is 0 Å². The number of nitrogens with zero attached hydrogens (tertiary/aromatic N) is 1. The zero-order valence-electron chi connectivity index (χ0n) is 20.9. The van der Waals surface area contributed by atoms with Crippen molar-refractivity contribution in [2.24, 2.45) is 0 Å². The smallest absolute Gasteiger partial charge is 0.246 e. The van der Waals surface area contributed by atoms with Crippen LogP contribution in [0.25, 0.3) is 10.9 Å². The molecule has 2 atom stereocenters. The van der Waals surface area contributed by atoms with Gasteiger partial charge in [-0.3, -0.25) is 9.59 Å². The summed E-state index contributed by atoms with van der Waals surface area (Å²) in [7, 11) is 1.64. The normalized spacial score (nSPS) is 15.9. The molecule has 4 aromatic rings. The fourth-order valence-corrected chi connectivity index (χ4v) is 5.27. The summed E-state index contributed by atoms with van der Waals surface area (Å²) in [6, 6.07) is 23.2. The molecule has 2 N–H and O–H groups in total. The van der Waals surface area contributed by atoms with Crippen LogP contribution in [0.2, 0.25) is 0 Å². The van der Waals surface area contributed by atoms with Crippen LogP contribution in [0.1, 0.15) is 40.9 Å². The number of rotatable bonds is 6. The maximum absolute atomic E-state index is 14.1. The van der Waals surface area contributed by atoms with E-state index >= 15 is 0 Å². The lowest BCUT2D eigenvalue weighted by molar-refractivity contribution is -0.138. The van der Waals surface area contributed by atoms with Crippen molar-refractivity contribution in [1.29, 1.82) is 0 Å². The Morgan fingerprint density at radius 1 is 1.08 bits per heavy atom. The van der Waals surface area contributed by atoms with Crippen LogP contribution in [0.3, 0.4) is 0 Å². The van der Waals surface area contributed by atoms with Gasteiger partial charge in [0.2, 0.25) is 11.8 Å². The molecule has 1 aliphatic heterocycles. The van der Waals surface area contributed by atoms with E-state index in [1.165, 1.54) is 23.4 Å². The second-order valence-electron chi connectivity index (χ2n) is 9.47. The molecule has 36 heavy (non-hydrogen) atoms. The zero-order chi connectivity index (χ0) is 25.2. The molecule has 3 aromatic carbocycles. The van der Waals surface area contributed by atoms with Crippen molar-refractivity contribution in [1.82, 2.24) is 15.2 Å². The molecule has 6 heteroatoms. The molecule has 0 fully saturated rings. The molecule has 0 radical (unpaired) electrons. The summed E-state index contributed by atoms with van der Waals surface area (Å²) in [5.74, 6) is 0.458. The average molecular weight is 482 g/mol. The molecule has 0 saturated heterocycles. The fraction of sp³-hybridized carbons (Fsp3) is 0.267. The highest BCUT2D eigenvalue weighted by atomic mass is 16.5. The summed E-state index contributed by atoms with van der Waals surface area (Å²) in [6.07, 6.45) is 1.18. The third-order valence-electron chi connectivity index (χ3n) is 6.96. The van der Waals surface area contributed by atoms with E-state index in [0.717, 1.165) is 34.5 Å². The van der Waals surface area contributed by atoms with Gasteiger partial charge >= 0.3 is 0 Å². The number of carbonyl (C=O) groups is 2. The van der Waals surface area contributed by atoms with E-state index in [-0.39, 0.29) is 17.9 Å². The molecule has 1 unspecified atom stereocenters. The van der Waals surface area contributed by atoms with Crippen molar-refractivity contribution in [2.75, 3.05) is 13.7 Å². The van der Waals surface area contributed by atoms with Crippen LogP contribution in [0.5, 0.6) is 5.75 Å². The van der Waals surface area contributed by atoms with Gasteiger partial charge in [0.05, 0.1) is 13.2 Å². The first-order valence-corrected chi connectivity index (χ1v) is 12.3. The van der Waals surface area contributed by atoms with E-state index in [1.54, 1.807) is 7.11 Å². The van der Waals surface area contributed by atoms with Crippen molar-refractivity contribution in [3.05, 3.63) is 101 Å². The molecule has 5 rings (SSSR count). The number of benzene rings is 3. The number of ether oxygens (including phenoxy) is 1. The zero-order valence-corrected chi connectivity index (χ0v) is 20.9. The minimum absolute atomic E-state index is 0.0876. The molecule has 184 valence electrons. The SMILES string of the molecule is COc1ccc(C2c3[nH]c4ccc(C)cc4c3CCN2C(=O)[C@H](Cc2ccccc2)NC(C)=O)cc1. The van der Waals surface area contributed by atoms with Gasteiger partial charge in [0, 0.05) is 36.5 Å². The molecule has 2 amide bonds. The Bertz CT molecular complexity index is 1390. The molecule has 0 spiro atoms. The number of aryl methyl sites for hydroxylation is 1. The van der Waals surface area contributed by atoms with E-state index in [9.17, 15) is 9.59 Å². The number of fused-ring (bicyclic) bond motifs is 3. The number of H-pyrrole nitrogens is 1. The molecule has 0 bridgehead atoms. The minimum Gasteiger partial charge on any atom is -0.497 e. The molecule has 2 heterocycles. The highest BCUT2D eigenvalue weighted by molar-refractivity contribution is 5.90. The van der Waals surface area contributed by atoms with Gasteiger partial charge < -0.3 is 19.9 Å². The highest BCUT2D eigenvalue weighted by Crippen LogP contribution is 2.39. The monoisotopic (exact) mass is 481 g/mol. The number of hydrogen-bond acceptors (Lipinski definition) is 3. The first-order valence-electron chi connectivity index (χ1n) is 12.3. The Morgan fingerprint density at radius 2 is 1.83 bits per heavy atom. The Kier molecular flexibility index (Phi) is 6.51. The van der Waals surface area contributed by atoms with Gasteiger partial charge in [0.1, 0.15) is 11.8 Å². The second-order valence-corrected chi connectivity index (χ2v) is 9.47. The number of aromatic nitrogens is 1. The first-order chi connectivity index (χ1) is 17.4. The fourth-order valence-electron chi connectivity index (χ4n) is 5.27. The number of amides is 2. The van der Waals surface area contributed by atoms with Crippen molar-refractivity contribution in [3.63, 3.8) is 0 Å². The summed E-state index contributed by atoms with van der Waals surface area (Å²) in [6.45, 7) is 4.12. The van der Waals surface area contributed by atoms with Gasteiger partial charge in [-0.2, -0.15) is 0 Å². The van der Waals surface area contributed by atoms with Gasteiger partial charge in [0.15, 0.2) is 0 Å². The summed E-state index contributed by atoms with van der Waals surface area (Å²) in [5, 5.41) is 4.12. The summed E-state index contributed by atoms with van der Waals surface area (Å²) >= 11 is 0. The van der Waals surface area contributed by atoms with Crippen LogP contribution in [-0.4, -0.2) is 41.4 Å². The van der Waals surface area contributed by atoms with Crippen LogP contribution in [0, 0.1) is 6.92 Å². The number of carbonyl (C=O) groups excluding carboxylic acids is 2. The predicted octanol–water partition coefficient (Wildman–Crippen LogP) is 4.71. The standard InChI is InChI=1S/C30H31N3O3/c1-19-9-14-26-25(17-19)24-15-16-33(29(28(24)32-26)22-10-12-23(36-3)13-11-22)30(35)27(31-20(2)34)18-21-7-5-4-6-8-21/h4-14,17,27,29,32H,15-16,18H2,1-3H3,(H,31,34)/t27-,29?/m0/s1. The van der Waals surface area contributed by atoms with Gasteiger partial charge in [0.25, 0.3) is 0 Å². The average Bonchev–Trinajstić information content (AvgIpc) is 3.25. The third kappa shape index (κ3) is 4.59. The van der Waals surface area contributed by atoms with Crippen LogP contribution in [-0.2, 0) is 22.4 Å². The van der Waals surface area contributed by atoms with Crippen molar-refractivity contribution in [3.8, 4) is 5.75 Å². The van der Waals surface area contributed by atoms with E-state index in [0.29, 0.717) is 13.0 Å². The number of nitrogens with one attached hydrogen (secondary N) is 2. The number of hydrogen-bond donors (Lipinski definition) is 2.